The fourth-order valence-corrected chi connectivity index (χ4v) is 4.46. The van der Waals surface area contributed by atoms with Crippen molar-refractivity contribution in [3.8, 4) is 5.69 Å². The number of sulfonamides is 1. The van der Waals surface area contributed by atoms with Crippen LogP contribution in [0.3, 0.4) is 0 Å². The third-order valence-corrected chi connectivity index (χ3v) is 6.56. The molecule has 0 radical (unpaired) electrons. The van der Waals surface area contributed by atoms with Gasteiger partial charge in [0.15, 0.2) is 6.61 Å². The predicted molar refractivity (Wildman–Crippen MR) is 106 cm³/mol. The van der Waals surface area contributed by atoms with E-state index in [1.165, 1.54) is 5.38 Å². The zero-order valence-corrected chi connectivity index (χ0v) is 16.8. The average molecular weight is 418 g/mol. The first kappa shape index (κ1) is 20.0. The smallest absolute Gasteiger partial charge is 0.339 e. The maximum Gasteiger partial charge on any atom is 0.339 e. The number of thiophene rings is 1. The van der Waals surface area contributed by atoms with Gasteiger partial charge in [-0.3, -0.25) is 4.79 Å². The molecule has 0 atom stereocenters. The third kappa shape index (κ3) is 4.06. The van der Waals surface area contributed by atoms with Gasteiger partial charge < -0.3 is 9.30 Å². The van der Waals surface area contributed by atoms with Gasteiger partial charge in [-0.25, -0.2) is 18.4 Å². The Labute approximate surface area is 166 Å². The number of rotatable bonds is 6. The van der Waals surface area contributed by atoms with Crippen molar-refractivity contribution < 1.29 is 22.7 Å². The van der Waals surface area contributed by atoms with Crippen LogP contribution in [0.2, 0.25) is 0 Å². The molecular weight excluding hydrogens is 400 g/mol. The summed E-state index contributed by atoms with van der Waals surface area (Å²) < 4.78 is 29.4. The Morgan fingerprint density at radius 1 is 1.14 bits per heavy atom. The summed E-state index contributed by atoms with van der Waals surface area (Å²) in [4.78, 5) is 24.6. The number of aromatic nitrogens is 1. The second kappa shape index (κ2) is 7.70. The number of ether oxygens (including phenoxy) is 1. The van der Waals surface area contributed by atoms with E-state index in [9.17, 15) is 18.0 Å². The molecule has 2 heterocycles. The summed E-state index contributed by atoms with van der Waals surface area (Å²) in [6, 6.07) is 12.5. The van der Waals surface area contributed by atoms with Gasteiger partial charge in [0.05, 0.1) is 5.56 Å². The number of para-hydroxylation sites is 1. The van der Waals surface area contributed by atoms with E-state index in [1.54, 1.807) is 6.07 Å². The Hall–Kier alpha value is -2.75. The van der Waals surface area contributed by atoms with E-state index in [1.807, 2.05) is 48.7 Å². The fourth-order valence-electron chi connectivity index (χ4n) is 2.88. The molecule has 2 aromatic heterocycles. The summed E-state index contributed by atoms with van der Waals surface area (Å²) in [6.45, 7) is 3.27. The highest BCUT2D eigenvalue weighted by molar-refractivity contribution is 7.91. The highest BCUT2D eigenvalue weighted by atomic mass is 32.2. The number of benzene rings is 1. The number of nitrogens with two attached hydrogens (primary N) is 1. The summed E-state index contributed by atoms with van der Waals surface area (Å²) >= 11 is 0.819. The number of hydrogen-bond donors (Lipinski definition) is 1. The molecule has 7 nitrogen and oxygen atoms in total. The molecule has 0 saturated carbocycles. The van der Waals surface area contributed by atoms with Crippen molar-refractivity contribution in [3.05, 3.63) is 70.4 Å². The normalized spacial score (nSPS) is 11.4. The first-order valence-corrected chi connectivity index (χ1v) is 10.7. The minimum atomic E-state index is -3.88. The molecule has 3 rings (SSSR count). The van der Waals surface area contributed by atoms with Crippen molar-refractivity contribution in [2.45, 2.75) is 18.1 Å². The lowest BCUT2D eigenvalue weighted by Crippen LogP contribution is -2.15. The Kier molecular flexibility index (Phi) is 5.50. The second-order valence-electron chi connectivity index (χ2n) is 6.15. The molecule has 0 aliphatic carbocycles. The number of Topliss-reactive ketones (excluding diaryl/α,β-unsaturated/α-hetero) is 1. The van der Waals surface area contributed by atoms with Gasteiger partial charge in [0.1, 0.15) is 4.21 Å². The summed E-state index contributed by atoms with van der Waals surface area (Å²) in [5.41, 5.74) is 3.06. The number of carbonyl (C=O) groups excluding carboxylic acids is 2. The highest BCUT2D eigenvalue weighted by Crippen LogP contribution is 2.22. The fraction of sp³-hybridized carbons (Fsp3) is 0.158. The largest absolute Gasteiger partial charge is 0.454 e. The van der Waals surface area contributed by atoms with Crippen LogP contribution < -0.4 is 5.14 Å². The molecule has 3 aromatic rings. The molecule has 28 heavy (non-hydrogen) atoms. The van der Waals surface area contributed by atoms with Crippen LogP contribution in [0.1, 0.15) is 32.1 Å². The monoisotopic (exact) mass is 418 g/mol. The molecule has 1 aromatic carbocycles. The second-order valence-corrected chi connectivity index (χ2v) is 8.85. The summed E-state index contributed by atoms with van der Waals surface area (Å²) in [5, 5.41) is 6.35. The highest BCUT2D eigenvalue weighted by Gasteiger charge is 2.20. The quantitative estimate of drug-likeness (QED) is 0.489. The van der Waals surface area contributed by atoms with Gasteiger partial charge in [-0.1, -0.05) is 18.2 Å². The van der Waals surface area contributed by atoms with Crippen LogP contribution in [-0.4, -0.2) is 31.3 Å². The molecule has 0 bridgehead atoms. The average Bonchev–Trinajstić information content (AvgIpc) is 3.25. The SMILES string of the molecule is Cc1cc(C(=O)COC(=O)c2csc(S(N)(=O)=O)c2)c(C)n1-c1ccccc1. The predicted octanol–water partition coefficient (Wildman–Crippen LogP) is 2.84. The summed E-state index contributed by atoms with van der Waals surface area (Å²) in [6.07, 6.45) is 0. The van der Waals surface area contributed by atoms with Crippen LogP contribution in [0, 0.1) is 13.8 Å². The van der Waals surface area contributed by atoms with E-state index in [2.05, 4.69) is 0 Å². The molecule has 0 fully saturated rings. The minimum Gasteiger partial charge on any atom is -0.454 e. The van der Waals surface area contributed by atoms with Crippen molar-refractivity contribution in [2.24, 2.45) is 5.14 Å². The molecule has 0 saturated heterocycles. The van der Waals surface area contributed by atoms with E-state index in [-0.39, 0.29) is 15.6 Å². The minimum absolute atomic E-state index is 0.0385. The Morgan fingerprint density at radius 2 is 1.82 bits per heavy atom. The lowest BCUT2D eigenvalue weighted by atomic mass is 10.1. The Balaban J connectivity index is 1.74. The Morgan fingerprint density at radius 3 is 2.43 bits per heavy atom. The van der Waals surface area contributed by atoms with Crippen molar-refractivity contribution in [3.63, 3.8) is 0 Å². The van der Waals surface area contributed by atoms with Crippen molar-refractivity contribution in [1.29, 1.82) is 0 Å². The van der Waals surface area contributed by atoms with Crippen LogP contribution in [0.25, 0.3) is 5.69 Å². The van der Waals surface area contributed by atoms with Crippen molar-refractivity contribution >= 4 is 33.1 Å². The molecule has 0 unspecified atom stereocenters. The molecule has 146 valence electrons. The van der Waals surface area contributed by atoms with Crippen LogP contribution in [0.5, 0.6) is 0 Å². The molecule has 9 heteroatoms. The van der Waals surface area contributed by atoms with E-state index in [0.717, 1.165) is 34.5 Å². The number of esters is 1. The van der Waals surface area contributed by atoms with Gasteiger partial charge in [-0.05, 0) is 38.1 Å². The molecular formula is C19H18N2O5S2. The Bertz CT molecular complexity index is 1140. The zero-order chi connectivity index (χ0) is 20.5. The van der Waals surface area contributed by atoms with Gasteiger partial charge in [-0.15, -0.1) is 11.3 Å². The van der Waals surface area contributed by atoms with E-state index >= 15 is 0 Å². The van der Waals surface area contributed by atoms with Gasteiger partial charge >= 0.3 is 5.97 Å². The van der Waals surface area contributed by atoms with Crippen LogP contribution in [0.15, 0.2) is 52.1 Å². The van der Waals surface area contributed by atoms with E-state index in [4.69, 9.17) is 9.88 Å². The molecule has 2 N–H and O–H groups in total. The first-order chi connectivity index (χ1) is 13.2. The first-order valence-electron chi connectivity index (χ1n) is 8.24. The topological polar surface area (TPSA) is 108 Å². The van der Waals surface area contributed by atoms with Crippen LogP contribution >= 0.6 is 11.3 Å². The van der Waals surface area contributed by atoms with Gasteiger partial charge in [0, 0.05) is 28.0 Å². The summed E-state index contributed by atoms with van der Waals surface area (Å²) in [7, 11) is -3.88. The molecule has 0 aliphatic heterocycles. The lowest BCUT2D eigenvalue weighted by Gasteiger charge is -2.09. The number of aryl methyl sites for hydroxylation is 1. The number of carbonyl (C=O) groups is 2. The van der Waals surface area contributed by atoms with Gasteiger partial charge in [0.2, 0.25) is 15.8 Å². The maximum absolute atomic E-state index is 12.6. The zero-order valence-electron chi connectivity index (χ0n) is 15.2. The van der Waals surface area contributed by atoms with Gasteiger partial charge in [0.25, 0.3) is 0 Å². The number of ketones is 1. The van der Waals surface area contributed by atoms with Crippen molar-refractivity contribution in [1.82, 2.24) is 4.57 Å². The maximum atomic E-state index is 12.6. The lowest BCUT2D eigenvalue weighted by molar-refractivity contribution is 0.0475. The van der Waals surface area contributed by atoms with Crippen LogP contribution in [0.4, 0.5) is 0 Å². The number of primary sulfonamides is 1. The molecule has 0 aliphatic rings. The standard InChI is InChI=1S/C19H18N2O5S2/c1-12-8-16(13(2)21(12)15-6-4-3-5-7-15)17(22)10-26-19(23)14-9-18(27-11-14)28(20,24)25/h3-9,11H,10H2,1-2H3,(H2,20,24,25). The molecule has 0 spiro atoms. The molecule has 0 amide bonds. The third-order valence-electron chi connectivity index (χ3n) is 4.17. The van der Waals surface area contributed by atoms with Crippen molar-refractivity contribution in [2.75, 3.05) is 6.61 Å². The van der Waals surface area contributed by atoms with E-state index in [0.29, 0.717) is 5.56 Å². The van der Waals surface area contributed by atoms with E-state index < -0.39 is 22.6 Å². The van der Waals surface area contributed by atoms with Crippen LogP contribution in [-0.2, 0) is 14.8 Å². The summed E-state index contributed by atoms with van der Waals surface area (Å²) in [5.74, 6) is -1.12. The van der Waals surface area contributed by atoms with Gasteiger partial charge in [-0.2, -0.15) is 0 Å². The number of nitrogens with zero attached hydrogens (tertiary/aromatic N) is 1. The number of hydrogen-bond acceptors (Lipinski definition) is 6.